The molecule has 2 nitrogen and oxygen atoms in total. The summed E-state index contributed by atoms with van der Waals surface area (Å²) in [5.74, 6) is -0.525. The van der Waals surface area contributed by atoms with Crippen molar-refractivity contribution in [1.29, 1.82) is 0 Å². The van der Waals surface area contributed by atoms with E-state index in [-0.39, 0.29) is 11.6 Å². The van der Waals surface area contributed by atoms with E-state index in [0.29, 0.717) is 11.3 Å². The van der Waals surface area contributed by atoms with E-state index in [1.54, 1.807) is 6.07 Å². The molecule has 0 aliphatic heterocycles. The van der Waals surface area contributed by atoms with Gasteiger partial charge in [0.25, 0.3) is 0 Å². The normalized spacial score (nSPS) is 10.8. The molecule has 0 unspecified atom stereocenters. The van der Waals surface area contributed by atoms with Crippen LogP contribution >= 0.6 is 11.3 Å². The monoisotopic (exact) mass is 336 g/mol. The zero-order valence-corrected chi connectivity index (χ0v) is 15.5. The van der Waals surface area contributed by atoms with Crippen LogP contribution in [0, 0.1) is 0 Å². The third-order valence-electron chi connectivity index (χ3n) is 4.26. The minimum atomic E-state index is -0.303. The minimum absolute atomic E-state index is 0.223. The maximum atomic E-state index is 11.8. The molecule has 130 valence electrons. The summed E-state index contributed by atoms with van der Waals surface area (Å²) in [7, 11) is 0. The van der Waals surface area contributed by atoms with Crippen molar-refractivity contribution in [3.63, 3.8) is 0 Å². The highest BCUT2D eigenvalue weighted by Crippen LogP contribution is 2.14. The molecule has 0 atom stereocenters. The van der Waals surface area contributed by atoms with Crippen LogP contribution in [0.25, 0.3) is 0 Å². The van der Waals surface area contributed by atoms with Gasteiger partial charge in [-0.05, 0) is 17.9 Å². The number of carbonyl (C=O) groups is 2. The minimum Gasteiger partial charge on any atom is -0.290 e. The van der Waals surface area contributed by atoms with Gasteiger partial charge < -0.3 is 0 Å². The van der Waals surface area contributed by atoms with Crippen LogP contribution < -0.4 is 0 Å². The van der Waals surface area contributed by atoms with Gasteiger partial charge in [-0.2, -0.15) is 0 Å². The Morgan fingerprint density at radius 3 is 1.83 bits per heavy atom. The molecule has 23 heavy (non-hydrogen) atoms. The Morgan fingerprint density at radius 1 is 0.826 bits per heavy atom. The summed E-state index contributed by atoms with van der Waals surface area (Å²) in [6.45, 7) is 2.26. The fourth-order valence-electron chi connectivity index (χ4n) is 2.79. The fourth-order valence-corrected chi connectivity index (χ4v) is 3.47. The third kappa shape index (κ3) is 9.70. The molecule has 1 aromatic heterocycles. The maximum Gasteiger partial charge on any atom is 0.238 e. The Morgan fingerprint density at radius 2 is 1.35 bits per heavy atom. The molecule has 0 bridgehead atoms. The number of Topliss-reactive ketones (excluding diaryl/α,β-unsaturated/α-hetero) is 2. The first-order valence-electron chi connectivity index (χ1n) is 9.36. The van der Waals surface area contributed by atoms with Crippen LogP contribution in [0.5, 0.6) is 0 Å². The second kappa shape index (κ2) is 13.5. The molecule has 0 saturated heterocycles. The van der Waals surface area contributed by atoms with Crippen LogP contribution in [-0.2, 0) is 4.79 Å². The molecule has 0 saturated carbocycles. The molecule has 0 N–H and O–H groups in total. The molecule has 0 fully saturated rings. The van der Waals surface area contributed by atoms with Crippen molar-refractivity contribution < 1.29 is 9.59 Å². The number of rotatable bonds is 15. The predicted octanol–water partition coefficient (Wildman–Crippen LogP) is 6.59. The molecule has 0 spiro atoms. The Kier molecular flexibility index (Phi) is 11.8. The van der Waals surface area contributed by atoms with E-state index in [9.17, 15) is 9.59 Å². The number of unbranched alkanes of at least 4 members (excludes halogenated alkanes) is 11. The van der Waals surface area contributed by atoms with Gasteiger partial charge in [0.2, 0.25) is 11.6 Å². The summed E-state index contributed by atoms with van der Waals surface area (Å²) in [5, 5.41) is 1.84. The summed E-state index contributed by atoms with van der Waals surface area (Å²) >= 11 is 1.35. The average Bonchev–Trinajstić information content (AvgIpc) is 3.09. The molecule has 0 aliphatic rings. The van der Waals surface area contributed by atoms with Crippen LogP contribution in [-0.4, -0.2) is 11.6 Å². The first-order valence-corrected chi connectivity index (χ1v) is 10.2. The van der Waals surface area contributed by atoms with E-state index in [1.165, 1.54) is 75.5 Å². The Hall–Kier alpha value is -0.960. The predicted molar refractivity (Wildman–Crippen MR) is 99.4 cm³/mol. The van der Waals surface area contributed by atoms with Gasteiger partial charge in [-0.15, -0.1) is 11.3 Å². The standard InChI is InChI=1S/C20H32O2S/c1-2-3-4-5-6-7-8-9-10-11-12-13-15-18(21)20(22)19-16-14-17-23-19/h14,16-17H,2-13,15H2,1H3. The average molecular weight is 337 g/mol. The summed E-state index contributed by atoms with van der Waals surface area (Å²) in [5.41, 5.74) is 0. The lowest BCUT2D eigenvalue weighted by molar-refractivity contribution is -0.115. The Labute approximate surface area is 145 Å². The lowest BCUT2D eigenvalue weighted by Crippen LogP contribution is -2.12. The highest BCUT2D eigenvalue weighted by molar-refractivity contribution is 7.13. The molecular formula is C20H32O2S. The van der Waals surface area contributed by atoms with E-state index in [0.717, 1.165) is 12.8 Å². The molecule has 1 rings (SSSR count). The molecule has 0 radical (unpaired) electrons. The van der Waals surface area contributed by atoms with E-state index >= 15 is 0 Å². The zero-order valence-electron chi connectivity index (χ0n) is 14.6. The molecule has 0 amide bonds. The van der Waals surface area contributed by atoms with Crippen LogP contribution in [0.1, 0.15) is 100 Å². The quantitative estimate of drug-likeness (QED) is 0.206. The lowest BCUT2D eigenvalue weighted by atomic mass is 10.0. The van der Waals surface area contributed by atoms with Gasteiger partial charge in [-0.1, -0.05) is 83.6 Å². The fraction of sp³-hybridized carbons (Fsp3) is 0.700. The van der Waals surface area contributed by atoms with Gasteiger partial charge in [0, 0.05) is 6.42 Å². The Balaban J connectivity index is 1.88. The van der Waals surface area contributed by atoms with Crippen molar-refractivity contribution in [3.05, 3.63) is 22.4 Å². The van der Waals surface area contributed by atoms with Crippen molar-refractivity contribution in [2.45, 2.75) is 90.4 Å². The summed E-state index contributed by atoms with van der Waals surface area (Å²) in [6, 6.07) is 3.54. The van der Waals surface area contributed by atoms with Crippen molar-refractivity contribution >= 4 is 22.9 Å². The van der Waals surface area contributed by atoms with Crippen molar-refractivity contribution in [3.8, 4) is 0 Å². The van der Waals surface area contributed by atoms with Crippen molar-refractivity contribution in [2.24, 2.45) is 0 Å². The van der Waals surface area contributed by atoms with Crippen LogP contribution in [0.2, 0.25) is 0 Å². The smallest absolute Gasteiger partial charge is 0.238 e. The van der Waals surface area contributed by atoms with E-state index < -0.39 is 0 Å². The first kappa shape index (κ1) is 20.1. The van der Waals surface area contributed by atoms with E-state index in [1.807, 2.05) is 11.4 Å². The van der Waals surface area contributed by atoms with Gasteiger partial charge in [0.1, 0.15) is 0 Å². The molecule has 1 heterocycles. The summed E-state index contributed by atoms with van der Waals surface area (Å²) in [6.07, 6.45) is 15.7. The molecular weight excluding hydrogens is 304 g/mol. The second-order valence-electron chi connectivity index (χ2n) is 6.37. The first-order chi connectivity index (χ1) is 11.3. The summed E-state index contributed by atoms with van der Waals surface area (Å²) in [4.78, 5) is 24.2. The maximum absolute atomic E-state index is 11.8. The van der Waals surface area contributed by atoms with Gasteiger partial charge in [-0.3, -0.25) is 9.59 Å². The summed E-state index contributed by atoms with van der Waals surface area (Å²) < 4.78 is 0. The molecule has 0 aliphatic carbocycles. The second-order valence-corrected chi connectivity index (χ2v) is 7.32. The Bertz CT molecular complexity index is 423. The number of hydrogen-bond donors (Lipinski definition) is 0. The van der Waals surface area contributed by atoms with E-state index in [2.05, 4.69) is 6.92 Å². The topological polar surface area (TPSA) is 34.1 Å². The molecule has 0 aromatic carbocycles. The number of ketones is 2. The molecule has 3 heteroatoms. The highest BCUT2D eigenvalue weighted by Gasteiger charge is 2.15. The van der Waals surface area contributed by atoms with Gasteiger partial charge in [-0.25, -0.2) is 0 Å². The van der Waals surface area contributed by atoms with Crippen LogP contribution in [0.4, 0.5) is 0 Å². The van der Waals surface area contributed by atoms with Crippen LogP contribution in [0.15, 0.2) is 17.5 Å². The largest absolute Gasteiger partial charge is 0.290 e. The van der Waals surface area contributed by atoms with E-state index in [4.69, 9.17) is 0 Å². The lowest BCUT2D eigenvalue weighted by Gasteiger charge is -2.02. The SMILES string of the molecule is CCCCCCCCCCCCCCC(=O)C(=O)c1cccs1. The zero-order chi connectivity index (χ0) is 16.8. The van der Waals surface area contributed by atoms with Crippen molar-refractivity contribution in [1.82, 2.24) is 0 Å². The van der Waals surface area contributed by atoms with Gasteiger partial charge in [0.05, 0.1) is 4.88 Å². The van der Waals surface area contributed by atoms with Crippen LogP contribution in [0.3, 0.4) is 0 Å². The van der Waals surface area contributed by atoms with Gasteiger partial charge in [0.15, 0.2) is 0 Å². The highest BCUT2D eigenvalue weighted by atomic mass is 32.1. The number of hydrogen-bond acceptors (Lipinski definition) is 3. The number of thiophene rings is 1. The number of carbonyl (C=O) groups excluding carboxylic acids is 2. The molecule has 1 aromatic rings. The van der Waals surface area contributed by atoms with Gasteiger partial charge >= 0.3 is 0 Å². The third-order valence-corrected chi connectivity index (χ3v) is 5.12. The van der Waals surface area contributed by atoms with Crippen molar-refractivity contribution in [2.75, 3.05) is 0 Å².